The number of carbonyl (C=O) groups is 1. The van der Waals surface area contributed by atoms with Gasteiger partial charge in [-0.05, 0) is 25.5 Å². The molecule has 0 aliphatic rings. The second-order valence-corrected chi connectivity index (χ2v) is 12.0. The number of aromatic nitrogens is 2. The Morgan fingerprint density at radius 2 is 2.14 bits per heavy atom. The molecule has 0 spiro atoms. The van der Waals surface area contributed by atoms with Crippen LogP contribution in [-0.4, -0.2) is 36.8 Å². The van der Waals surface area contributed by atoms with Crippen LogP contribution in [0.2, 0.25) is 25.7 Å². The van der Waals surface area contributed by atoms with E-state index in [0.29, 0.717) is 30.6 Å². The van der Waals surface area contributed by atoms with Gasteiger partial charge in [0.05, 0.1) is 12.3 Å². The van der Waals surface area contributed by atoms with Crippen LogP contribution in [0.3, 0.4) is 0 Å². The Morgan fingerprint density at radius 3 is 2.73 bits per heavy atom. The van der Waals surface area contributed by atoms with Gasteiger partial charge in [0.25, 0.3) is 0 Å². The molecule has 0 unspecified atom stereocenters. The maximum absolute atomic E-state index is 11.4. The molecule has 6 nitrogen and oxygen atoms in total. The van der Waals surface area contributed by atoms with E-state index in [1.807, 2.05) is 0 Å². The summed E-state index contributed by atoms with van der Waals surface area (Å²) in [6.07, 6.45) is 3.20. The van der Waals surface area contributed by atoms with Crippen molar-refractivity contribution in [3.8, 4) is 0 Å². The minimum atomic E-state index is -1.09. The summed E-state index contributed by atoms with van der Waals surface area (Å²) in [5, 5.41) is 0. The number of nitrogens with zero attached hydrogens (tertiary/aromatic N) is 2. The Morgan fingerprint density at radius 1 is 1.45 bits per heavy atom. The topological polar surface area (TPSA) is 79.4 Å². The lowest BCUT2D eigenvalue weighted by molar-refractivity contribution is -0.137. The molecule has 1 heterocycles. The van der Waals surface area contributed by atoms with Crippen LogP contribution in [-0.2, 0) is 21.0 Å². The number of nitrogens with two attached hydrogens (primary N) is 1. The molecule has 1 aromatic rings. The number of carbonyl (C=O) groups excluding carboxylic acids is 1. The highest BCUT2D eigenvalue weighted by Crippen LogP contribution is 2.15. The highest BCUT2D eigenvalue weighted by atomic mass is 28.3. The number of anilines is 1. The third-order valence-corrected chi connectivity index (χ3v) is 4.76. The first-order valence-corrected chi connectivity index (χ1v) is 11.2. The number of ether oxygens (including phenoxy) is 2. The van der Waals surface area contributed by atoms with E-state index in [1.54, 1.807) is 24.6 Å². The van der Waals surface area contributed by atoms with E-state index in [1.165, 1.54) is 6.08 Å². The lowest BCUT2D eigenvalue weighted by Gasteiger charge is -2.15. The summed E-state index contributed by atoms with van der Waals surface area (Å²) in [6.45, 7) is 11.9. The predicted octanol–water partition coefficient (Wildman–Crippen LogP) is 2.74. The van der Waals surface area contributed by atoms with Gasteiger partial charge >= 0.3 is 5.97 Å². The smallest absolute Gasteiger partial charge is 0.331 e. The molecule has 1 aromatic heterocycles. The van der Waals surface area contributed by atoms with Gasteiger partial charge in [-0.25, -0.2) is 9.78 Å². The van der Waals surface area contributed by atoms with Crippen molar-refractivity contribution in [2.75, 3.05) is 18.9 Å². The van der Waals surface area contributed by atoms with Crippen LogP contribution in [0.1, 0.15) is 19.5 Å². The molecule has 22 heavy (non-hydrogen) atoms. The molecule has 2 N–H and O–H groups in total. The monoisotopic (exact) mass is 325 g/mol. The molecule has 0 aliphatic heterocycles. The van der Waals surface area contributed by atoms with Crippen molar-refractivity contribution in [3.05, 3.63) is 18.0 Å². The van der Waals surface area contributed by atoms with E-state index < -0.39 is 8.07 Å². The minimum absolute atomic E-state index is 0.351. The first-order chi connectivity index (χ1) is 10.2. The van der Waals surface area contributed by atoms with Crippen LogP contribution in [0.5, 0.6) is 0 Å². The summed E-state index contributed by atoms with van der Waals surface area (Å²) in [5.41, 5.74) is 7.24. The van der Waals surface area contributed by atoms with Crippen molar-refractivity contribution in [3.63, 3.8) is 0 Å². The fourth-order valence-corrected chi connectivity index (χ4v) is 2.46. The fraction of sp³-hybridized carbons (Fsp3) is 0.600. The zero-order valence-corrected chi connectivity index (χ0v) is 15.2. The highest BCUT2D eigenvalue weighted by molar-refractivity contribution is 6.76. The standard InChI is InChI=1S/C15H27N3O3Si/c1-6-21-14(19)9-12(2)13-10-18(15(16)17-13)11-20-7-8-22(3,4)5/h9-10H,6-8,11H2,1-5H3,(H2,16,17)/b12-9+. The van der Waals surface area contributed by atoms with Crippen molar-refractivity contribution in [2.24, 2.45) is 0 Å². The van der Waals surface area contributed by atoms with Gasteiger partial charge in [0, 0.05) is 27.0 Å². The summed E-state index contributed by atoms with van der Waals surface area (Å²) in [6, 6.07) is 1.11. The Kier molecular flexibility index (Phi) is 6.83. The van der Waals surface area contributed by atoms with E-state index in [0.717, 1.165) is 12.7 Å². The second-order valence-electron chi connectivity index (χ2n) is 6.38. The molecule has 0 amide bonds. The summed E-state index contributed by atoms with van der Waals surface area (Å²) in [7, 11) is -1.09. The van der Waals surface area contributed by atoms with Crippen molar-refractivity contribution >= 4 is 25.6 Å². The van der Waals surface area contributed by atoms with Gasteiger partial charge in [0.15, 0.2) is 0 Å². The number of hydrogen-bond acceptors (Lipinski definition) is 5. The average Bonchev–Trinajstić information content (AvgIpc) is 2.75. The van der Waals surface area contributed by atoms with Crippen LogP contribution in [0.25, 0.3) is 5.57 Å². The lowest BCUT2D eigenvalue weighted by Crippen LogP contribution is -2.22. The van der Waals surface area contributed by atoms with Crippen molar-refractivity contribution in [1.82, 2.24) is 9.55 Å². The van der Waals surface area contributed by atoms with E-state index in [9.17, 15) is 4.79 Å². The molecule has 7 heteroatoms. The van der Waals surface area contributed by atoms with Gasteiger partial charge in [-0.15, -0.1) is 0 Å². The number of esters is 1. The lowest BCUT2D eigenvalue weighted by atomic mass is 10.2. The van der Waals surface area contributed by atoms with E-state index >= 15 is 0 Å². The average molecular weight is 325 g/mol. The number of allylic oxidation sites excluding steroid dienone is 1. The molecular weight excluding hydrogens is 298 g/mol. The summed E-state index contributed by atoms with van der Waals surface area (Å²) >= 11 is 0. The Labute approximate surface area is 133 Å². The fourth-order valence-electron chi connectivity index (χ4n) is 1.70. The molecule has 0 saturated carbocycles. The Balaban J connectivity index is 2.62. The largest absolute Gasteiger partial charge is 0.463 e. The minimum Gasteiger partial charge on any atom is -0.463 e. The first-order valence-electron chi connectivity index (χ1n) is 7.48. The molecule has 0 bridgehead atoms. The van der Waals surface area contributed by atoms with E-state index in [-0.39, 0.29) is 5.97 Å². The normalized spacial score (nSPS) is 12.5. The molecule has 0 fully saturated rings. The molecule has 0 saturated heterocycles. The second kappa shape index (κ2) is 8.14. The van der Waals surface area contributed by atoms with Gasteiger partial charge in [-0.2, -0.15) is 0 Å². The maximum atomic E-state index is 11.4. The van der Waals surface area contributed by atoms with Gasteiger partial charge in [-0.1, -0.05) is 19.6 Å². The quantitative estimate of drug-likeness (QED) is 0.344. The van der Waals surface area contributed by atoms with Gasteiger partial charge in [0.1, 0.15) is 6.73 Å². The van der Waals surface area contributed by atoms with Crippen LogP contribution in [0.15, 0.2) is 12.3 Å². The summed E-state index contributed by atoms with van der Waals surface area (Å²) in [5.74, 6) is -0.000815. The third kappa shape index (κ3) is 6.44. The van der Waals surface area contributed by atoms with Crippen molar-refractivity contribution in [1.29, 1.82) is 0 Å². The van der Waals surface area contributed by atoms with Crippen LogP contribution in [0.4, 0.5) is 5.95 Å². The van der Waals surface area contributed by atoms with E-state index in [2.05, 4.69) is 24.6 Å². The molecule has 0 aliphatic carbocycles. The SMILES string of the molecule is CCOC(=O)/C=C(\C)c1cn(COCC[Si](C)(C)C)c(N)n1. The maximum Gasteiger partial charge on any atom is 0.331 e. The number of rotatable bonds is 8. The third-order valence-electron chi connectivity index (χ3n) is 3.06. The van der Waals surface area contributed by atoms with Gasteiger partial charge in [0.2, 0.25) is 5.95 Å². The summed E-state index contributed by atoms with van der Waals surface area (Å²) < 4.78 is 12.3. The van der Waals surface area contributed by atoms with Crippen LogP contribution in [0, 0.1) is 0 Å². The molecule has 1 rings (SSSR count). The Hall–Kier alpha value is -1.60. The van der Waals surface area contributed by atoms with Crippen LogP contribution >= 0.6 is 0 Å². The molecule has 0 atom stereocenters. The Bertz CT molecular complexity index is 533. The first kappa shape index (κ1) is 18.4. The molecule has 0 aromatic carbocycles. The number of imidazole rings is 1. The summed E-state index contributed by atoms with van der Waals surface area (Å²) in [4.78, 5) is 15.7. The van der Waals surface area contributed by atoms with E-state index in [4.69, 9.17) is 15.2 Å². The molecular formula is C15H27N3O3Si. The molecule has 124 valence electrons. The predicted molar refractivity (Wildman–Crippen MR) is 91.0 cm³/mol. The molecule has 0 radical (unpaired) electrons. The van der Waals surface area contributed by atoms with Crippen molar-refractivity contribution in [2.45, 2.75) is 46.3 Å². The van der Waals surface area contributed by atoms with Gasteiger partial charge < -0.3 is 15.2 Å². The highest BCUT2D eigenvalue weighted by Gasteiger charge is 2.13. The number of nitrogen functional groups attached to an aromatic ring is 1. The zero-order chi connectivity index (χ0) is 16.8. The van der Waals surface area contributed by atoms with Crippen molar-refractivity contribution < 1.29 is 14.3 Å². The number of hydrogen-bond donors (Lipinski definition) is 1. The zero-order valence-electron chi connectivity index (χ0n) is 14.2. The van der Waals surface area contributed by atoms with Gasteiger partial charge in [-0.3, -0.25) is 4.57 Å². The van der Waals surface area contributed by atoms with Crippen LogP contribution < -0.4 is 5.73 Å².